The van der Waals surface area contributed by atoms with Crippen LogP contribution in [0.4, 0.5) is 0 Å². The molecular weight excluding hydrogens is 150 g/mol. The second-order valence-electron chi connectivity index (χ2n) is 4.98. The monoisotopic (exact) mass is 173 g/mol. The molecule has 0 aromatic rings. The summed E-state index contributed by atoms with van der Waals surface area (Å²) in [5.74, 6) is 0. The Hall–Kier alpha value is -0.0800. The van der Waals surface area contributed by atoms with Gasteiger partial charge in [-0.3, -0.25) is 0 Å². The summed E-state index contributed by atoms with van der Waals surface area (Å²) in [5, 5.41) is 10.0. The zero-order valence-electron chi connectivity index (χ0n) is 9.02. The Morgan fingerprint density at radius 3 is 1.75 bits per heavy atom. The minimum absolute atomic E-state index is 0.0792. The zero-order chi connectivity index (χ0) is 9.99. The predicted molar refractivity (Wildman–Crippen MR) is 52.9 cm³/mol. The highest BCUT2D eigenvalue weighted by atomic mass is 16.3. The lowest BCUT2D eigenvalue weighted by Crippen LogP contribution is -2.45. The average molecular weight is 173 g/mol. The van der Waals surface area contributed by atoms with Crippen LogP contribution in [0.5, 0.6) is 0 Å². The third-order valence-electron chi connectivity index (χ3n) is 2.75. The second-order valence-corrected chi connectivity index (χ2v) is 4.98. The van der Waals surface area contributed by atoms with Crippen molar-refractivity contribution in [3.8, 4) is 0 Å². The van der Waals surface area contributed by atoms with Crippen molar-refractivity contribution in [3.05, 3.63) is 0 Å². The maximum atomic E-state index is 10.0. The lowest BCUT2D eigenvalue weighted by Gasteiger charge is -2.40. The molecule has 0 aliphatic carbocycles. The molecule has 0 aromatic carbocycles. The Labute approximate surface area is 76.2 Å². The number of aliphatic hydroxyl groups excluding tert-OH is 1. The van der Waals surface area contributed by atoms with Gasteiger partial charge < -0.3 is 10.8 Å². The molecule has 0 saturated heterocycles. The van der Waals surface area contributed by atoms with E-state index in [4.69, 9.17) is 5.73 Å². The second kappa shape index (κ2) is 3.75. The highest BCUT2D eigenvalue weighted by Gasteiger charge is 2.37. The number of nitrogens with two attached hydrogens (primary N) is 1. The number of hydrogen-bond donors (Lipinski definition) is 2. The van der Waals surface area contributed by atoms with E-state index in [9.17, 15) is 5.11 Å². The molecule has 0 rings (SSSR count). The van der Waals surface area contributed by atoms with E-state index in [1.165, 1.54) is 0 Å². The van der Waals surface area contributed by atoms with Gasteiger partial charge in [0.25, 0.3) is 0 Å². The Balaban J connectivity index is 4.53. The van der Waals surface area contributed by atoms with Crippen LogP contribution in [0.1, 0.15) is 41.0 Å². The van der Waals surface area contributed by atoms with E-state index in [0.717, 1.165) is 6.42 Å². The molecule has 0 bridgehead atoms. The molecule has 0 saturated carbocycles. The van der Waals surface area contributed by atoms with Crippen molar-refractivity contribution >= 4 is 0 Å². The van der Waals surface area contributed by atoms with Crippen LogP contribution in [0.2, 0.25) is 0 Å². The highest BCUT2D eigenvalue weighted by molar-refractivity contribution is 4.89. The molecule has 0 aliphatic rings. The molecule has 2 nitrogen and oxygen atoms in total. The van der Waals surface area contributed by atoms with Gasteiger partial charge in [-0.15, -0.1) is 0 Å². The van der Waals surface area contributed by atoms with E-state index in [2.05, 4.69) is 6.92 Å². The molecule has 2 heteroatoms. The molecule has 0 aromatic heterocycles. The molecule has 2 atom stereocenters. The summed E-state index contributed by atoms with van der Waals surface area (Å²) >= 11 is 0. The van der Waals surface area contributed by atoms with Crippen molar-refractivity contribution in [1.29, 1.82) is 0 Å². The Bertz CT molecular complexity index is 133. The van der Waals surface area contributed by atoms with E-state index in [1.807, 2.05) is 27.7 Å². The van der Waals surface area contributed by atoms with Crippen molar-refractivity contribution in [2.75, 3.05) is 6.54 Å². The molecule has 0 heterocycles. The quantitative estimate of drug-likeness (QED) is 0.683. The highest BCUT2D eigenvalue weighted by Crippen LogP contribution is 2.35. The summed E-state index contributed by atoms with van der Waals surface area (Å²) in [6, 6.07) is 0. The molecule has 12 heavy (non-hydrogen) atoms. The van der Waals surface area contributed by atoms with Crippen LogP contribution in [0.3, 0.4) is 0 Å². The third-order valence-corrected chi connectivity index (χ3v) is 2.75. The van der Waals surface area contributed by atoms with Crippen molar-refractivity contribution in [2.24, 2.45) is 16.6 Å². The molecule has 0 radical (unpaired) electrons. The summed E-state index contributed by atoms with van der Waals surface area (Å²) in [4.78, 5) is 0. The summed E-state index contributed by atoms with van der Waals surface area (Å²) in [7, 11) is 0. The van der Waals surface area contributed by atoms with Crippen LogP contribution in [-0.2, 0) is 0 Å². The fraction of sp³-hybridized carbons (Fsp3) is 1.00. The van der Waals surface area contributed by atoms with E-state index < -0.39 is 0 Å². The lowest BCUT2D eigenvalue weighted by atomic mass is 9.70. The lowest BCUT2D eigenvalue weighted by molar-refractivity contribution is -0.0389. The third kappa shape index (κ3) is 2.46. The topological polar surface area (TPSA) is 46.2 Å². The van der Waals surface area contributed by atoms with Gasteiger partial charge in [-0.1, -0.05) is 34.6 Å². The van der Waals surface area contributed by atoms with Gasteiger partial charge in [-0.25, -0.2) is 0 Å². The van der Waals surface area contributed by atoms with Crippen molar-refractivity contribution in [3.63, 3.8) is 0 Å². The molecule has 3 N–H and O–H groups in total. The first-order valence-electron chi connectivity index (χ1n) is 4.66. The van der Waals surface area contributed by atoms with Gasteiger partial charge in [0.1, 0.15) is 0 Å². The van der Waals surface area contributed by atoms with E-state index in [-0.39, 0.29) is 16.9 Å². The molecule has 0 aliphatic heterocycles. The fourth-order valence-electron chi connectivity index (χ4n) is 1.49. The number of hydrogen-bond acceptors (Lipinski definition) is 2. The first-order valence-corrected chi connectivity index (χ1v) is 4.66. The summed E-state index contributed by atoms with van der Waals surface area (Å²) in [5.41, 5.74) is 5.44. The van der Waals surface area contributed by atoms with Crippen molar-refractivity contribution < 1.29 is 5.11 Å². The first-order chi connectivity index (χ1) is 5.28. The van der Waals surface area contributed by atoms with E-state index >= 15 is 0 Å². The van der Waals surface area contributed by atoms with Crippen LogP contribution >= 0.6 is 0 Å². The smallest absolute Gasteiger partial charge is 0.0653 e. The molecule has 0 spiro atoms. The summed E-state index contributed by atoms with van der Waals surface area (Å²) in [6.07, 6.45) is 0.585. The predicted octanol–water partition coefficient (Wildman–Crippen LogP) is 1.77. The van der Waals surface area contributed by atoms with Crippen molar-refractivity contribution in [1.82, 2.24) is 0 Å². The van der Waals surface area contributed by atoms with E-state index in [0.29, 0.717) is 6.54 Å². The minimum atomic E-state index is -0.333. The first kappa shape index (κ1) is 11.9. The summed E-state index contributed by atoms with van der Waals surface area (Å²) in [6.45, 7) is 10.8. The van der Waals surface area contributed by atoms with Gasteiger partial charge in [0.05, 0.1) is 6.10 Å². The maximum absolute atomic E-state index is 10.0. The van der Waals surface area contributed by atoms with Crippen molar-refractivity contribution in [2.45, 2.75) is 47.1 Å². The Kier molecular flexibility index (Phi) is 3.73. The molecular formula is C10H23NO. The van der Waals surface area contributed by atoms with Gasteiger partial charge in [0.2, 0.25) is 0 Å². The van der Waals surface area contributed by atoms with E-state index in [1.54, 1.807) is 0 Å². The maximum Gasteiger partial charge on any atom is 0.0653 e. The van der Waals surface area contributed by atoms with Gasteiger partial charge in [-0.2, -0.15) is 0 Å². The standard InChI is InChI=1S/C10H23NO/c1-6-10(5,7-11)8(12)9(2,3)4/h8,12H,6-7,11H2,1-5H3. The van der Waals surface area contributed by atoms with Crippen LogP contribution in [0.15, 0.2) is 0 Å². The van der Waals surface area contributed by atoms with Gasteiger partial charge in [0, 0.05) is 12.0 Å². The molecule has 0 amide bonds. The SMILES string of the molecule is CCC(C)(CN)C(O)C(C)(C)C. The summed E-state index contributed by atoms with van der Waals surface area (Å²) < 4.78 is 0. The largest absolute Gasteiger partial charge is 0.392 e. The normalized spacial score (nSPS) is 20.2. The van der Waals surface area contributed by atoms with Gasteiger partial charge in [-0.05, 0) is 11.8 Å². The zero-order valence-corrected chi connectivity index (χ0v) is 9.02. The molecule has 2 unspecified atom stereocenters. The average Bonchev–Trinajstić information content (AvgIpc) is 2.00. The van der Waals surface area contributed by atoms with Crippen LogP contribution in [0, 0.1) is 10.8 Å². The number of aliphatic hydroxyl groups is 1. The van der Waals surface area contributed by atoms with Crippen LogP contribution in [0.25, 0.3) is 0 Å². The molecule has 74 valence electrons. The fourth-order valence-corrected chi connectivity index (χ4v) is 1.49. The van der Waals surface area contributed by atoms with Gasteiger partial charge >= 0.3 is 0 Å². The van der Waals surface area contributed by atoms with Gasteiger partial charge in [0.15, 0.2) is 0 Å². The Morgan fingerprint density at radius 1 is 1.25 bits per heavy atom. The number of rotatable bonds is 3. The Morgan fingerprint density at radius 2 is 1.67 bits per heavy atom. The minimum Gasteiger partial charge on any atom is -0.392 e. The van der Waals surface area contributed by atoms with Crippen LogP contribution < -0.4 is 5.73 Å². The van der Waals surface area contributed by atoms with Crippen LogP contribution in [-0.4, -0.2) is 17.8 Å². The molecule has 0 fully saturated rings.